The van der Waals surface area contributed by atoms with E-state index in [4.69, 9.17) is 40.6 Å². The van der Waals surface area contributed by atoms with Crippen molar-refractivity contribution in [2.45, 2.75) is 43.9 Å². The molecule has 0 radical (unpaired) electrons. The third kappa shape index (κ3) is 3.81. The van der Waals surface area contributed by atoms with Crippen LogP contribution < -0.4 is 5.73 Å². The van der Waals surface area contributed by atoms with Gasteiger partial charge in [-0.1, -0.05) is 0 Å². The smallest absolute Gasteiger partial charge is 0.332 e. The zero-order valence-electron chi connectivity index (χ0n) is 16.6. The van der Waals surface area contributed by atoms with Crippen molar-refractivity contribution < 1.29 is 32.9 Å². The second-order valence-corrected chi connectivity index (χ2v) is 10.2. The van der Waals surface area contributed by atoms with Crippen LogP contribution in [0.25, 0.3) is 5.52 Å². The van der Waals surface area contributed by atoms with Crippen molar-refractivity contribution in [3.63, 3.8) is 0 Å². The Kier molecular flexibility index (Phi) is 5.74. The minimum atomic E-state index is -3.39. The average Bonchev–Trinajstić information content (AvgIpc) is 3.27. The normalized spacial score (nSPS) is 32.7. The molecule has 0 saturated carbocycles. The summed E-state index contributed by atoms with van der Waals surface area (Å²) < 4.78 is 28.9. The van der Waals surface area contributed by atoms with Crippen LogP contribution in [0.4, 0.5) is 5.82 Å². The zero-order valence-corrected chi connectivity index (χ0v) is 18.3. The van der Waals surface area contributed by atoms with Gasteiger partial charge in [-0.3, -0.25) is 9.05 Å². The Morgan fingerprint density at radius 3 is 3.06 bits per heavy atom. The van der Waals surface area contributed by atoms with Gasteiger partial charge in [-0.25, -0.2) is 14.3 Å². The van der Waals surface area contributed by atoms with Crippen molar-refractivity contribution in [3.8, 4) is 6.07 Å². The summed E-state index contributed by atoms with van der Waals surface area (Å²) in [5.41, 5.74) is 4.74. The Balaban J connectivity index is 1.58. The quantitative estimate of drug-likeness (QED) is 0.458. The molecule has 2 aromatic heterocycles. The Morgan fingerprint density at radius 2 is 2.35 bits per heavy atom. The van der Waals surface area contributed by atoms with Crippen LogP contribution >= 0.6 is 6.72 Å². The molecule has 0 aliphatic carbocycles. The number of ether oxygens (including phenoxy) is 2. The first-order valence-corrected chi connectivity index (χ1v) is 11.9. The number of carbonyl (C=O) groups excluding carboxylic acids is 1. The van der Waals surface area contributed by atoms with Crippen LogP contribution in [0.15, 0.2) is 18.5 Å². The molecule has 2 saturated heterocycles. The maximum absolute atomic E-state index is 11.8. The highest BCUT2D eigenvalue weighted by molar-refractivity contribution is 8.07. The Hall–Kier alpha value is -2.17. The van der Waals surface area contributed by atoms with Gasteiger partial charge in [-0.15, -0.1) is 0 Å². The number of aliphatic hydroxyl groups is 1. The molecule has 2 aromatic rings. The molecule has 0 spiro atoms. The van der Waals surface area contributed by atoms with E-state index in [1.807, 2.05) is 6.07 Å². The number of nitriles is 1. The summed E-state index contributed by atoms with van der Waals surface area (Å²) in [6.45, 7) is -0.546. The molecule has 166 valence electrons. The highest BCUT2D eigenvalue weighted by Crippen LogP contribution is 2.58. The van der Waals surface area contributed by atoms with Crippen molar-refractivity contribution in [1.82, 2.24) is 14.6 Å². The van der Waals surface area contributed by atoms with Gasteiger partial charge in [0.1, 0.15) is 36.2 Å². The molecular formula is C17H20N5O7PS. The first-order chi connectivity index (χ1) is 14.7. The van der Waals surface area contributed by atoms with Gasteiger partial charge in [-0.2, -0.15) is 10.4 Å². The molecule has 12 nitrogen and oxygen atoms in total. The van der Waals surface area contributed by atoms with Crippen molar-refractivity contribution in [2.75, 3.05) is 18.9 Å². The number of nitrogens with zero attached hydrogens (tertiary/aromatic N) is 4. The van der Waals surface area contributed by atoms with Crippen LogP contribution in [0, 0.1) is 11.3 Å². The summed E-state index contributed by atoms with van der Waals surface area (Å²) in [5, 5.41) is 25.2. The molecule has 0 amide bonds. The number of esters is 1. The molecule has 2 aliphatic heterocycles. The first kappa shape index (κ1) is 22.0. The van der Waals surface area contributed by atoms with E-state index in [1.54, 1.807) is 26.0 Å². The number of fused-ring (bicyclic) bond motifs is 2. The monoisotopic (exact) mass is 469 g/mol. The SMILES string of the molecule is CC(C)OC(=O)CO[P@@]1(=S)OC[C@H]2O[C@@](C#N)(c3ccc4c(N)ncnn34)[C@H](O)[C@@H]2O1. The highest BCUT2D eigenvalue weighted by Gasteiger charge is 2.61. The van der Waals surface area contributed by atoms with E-state index in [2.05, 4.69) is 10.1 Å². The van der Waals surface area contributed by atoms with E-state index < -0.39 is 43.2 Å². The fourth-order valence-electron chi connectivity index (χ4n) is 3.50. The summed E-state index contributed by atoms with van der Waals surface area (Å²) in [6.07, 6.45) is -2.36. The van der Waals surface area contributed by atoms with Gasteiger partial charge in [0, 0.05) is 0 Å². The molecule has 3 N–H and O–H groups in total. The second kappa shape index (κ2) is 8.07. The van der Waals surface area contributed by atoms with Gasteiger partial charge in [0.15, 0.2) is 12.4 Å². The predicted molar refractivity (Wildman–Crippen MR) is 108 cm³/mol. The van der Waals surface area contributed by atoms with E-state index >= 15 is 0 Å². The molecule has 0 unspecified atom stereocenters. The third-order valence-electron chi connectivity index (χ3n) is 4.82. The summed E-state index contributed by atoms with van der Waals surface area (Å²) in [6, 6.07) is 5.22. The predicted octanol–water partition coefficient (Wildman–Crippen LogP) is 0.398. The maximum Gasteiger partial charge on any atom is 0.332 e. The molecule has 2 fully saturated rings. The number of aliphatic hydroxyl groups excluding tert-OH is 1. The minimum Gasteiger partial charge on any atom is -0.461 e. The number of aromatic nitrogens is 3. The van der Waals surface area contributed by atoms with Crippen molar-refractivity contribution in [3.05, 3.63) is 24.2 Å². The molecule has 4 heterocycles. The minimum absolute atomic E-state index is 0.0951. The molecule has 0 bridgehead atoms. The van der Waals surface area contributed by atoms with Crippen LogP contribution in [0.5, 0.6) is 0 Å². The summed E-state index contributed by atoms with van der Waals surface area (Å²) in [7, 11) is 0. The Morgan fingerprint density at radius 1 is 1.58 bits per heavy atom. The van der Waals surface area contributed by atoms with E-state index in [0.717, 1.165) is 0 Å². The maximum atomic E-state index is 11.8. The van der Waals surface area contributed by atoms with Gasteiger partial charge in [-0.05, 0) is 37.8 Å². The van der Waals surface area contributed by atoms with Gasteiger partial charge in [0.2, 0.25) is 5.60 Å². The number of nitrogens with two attached hydrogens (primary N) is 1. The number of rotatable bonds is 5. The fraction of sp³-hybridized carbons (Fsp3) is 0.529. The van der Waals surface area contributed by atoms with Gasteiger partial charge in [0.25, 0.3) is 0 Å². The fourth-order valence-corrected chi connectivity index (χ4v) is 5.48. The van der Waals surface area contributed by atoms with Crippen LogP contribution in [-0.4, -0.2) is 63.3 Å². The second-order valence-electron chi connectivity index (χ2n) is 7.23. The van der Waals surface area contributed by atoms with Gasteiger partial charge >= 0.3 is 12.7 Å². The van der Waals surface area contributed by atoms with Crippen molar-refractivity contribution >= 4 is 35.8 Å². The molecule has 2 aliphatic rings. The topological polar surface area (TPSA) is 163 Å². The van der Waals surface area contributed by atoms with Gasteiger partial charge in [0.05, 0.1) is 18.4 Å². The molecule has 4 rings (SSSR count). The van der Waals surface area contributed by atoms with Crippen LogP contribution in [0.2, 0.25) is 0 Å². The van der Waals surface area contributed by atoms with Crippen LogP contribution in [-0.2, 0) is 45.2 Å². The molecule has 5 atom stereocenters. The first-order valence-electron chi connectivity index (χ1n) is 9.32. The summed E-state index contributed by atoms with van der Waals surface area (Å²) in [4.78, 5) is 15.7. The van der Waals surface area contributed by atoms with Crippen molar-refractivity contribution in [2.24, 2.45) is 0 Å². The van der Waals surface area contributed by atoms with E-state index in [0.29, 0.717) is 5.52 Å². The van der Waals surface area contributed by atoms with E-state index in [-0.39, 0.29) is 24.2 Å². The molecule has 0 aromatic carbocycles. The van der Waals surface area contributed by atoms with Crippen molar-refractivity contribution in [1.29, 1.82) is 5.26 Å². The number of hydrogen-bond donors (Lipinski definition) is 2. The lowest BCUT2D eigenvalue weighted by Crippen LogP contribution is -2.43. The van der Waals surface area contributed by atoms with Gasteiger partial charge < -0.3 is 24.8 Å². The summed E-state index contributed by atoms with van der Waals surface area (Å²) >= 11 is 5.31. The summed E-state index contributed by atoms with van der Waals surface area (Å²) in [5.74, 6) is -0.420. The average molecular weight is 469 g/mol. The van der Waals surface area contributed by atoms with Crippen LogP contribution in [0.3, 0.4) is 0 Å². The Labute approximate surface area is 182 Å². The standard InChI is InChI=1S/C17H20N5O7PS/c1-9(2)27-13(23)6-26-30(31)25-5-11-14(29-30)15(24)17(7-18,28-11)12-4-3-10-16(19)20-8-21-22(10)12/h3-4,8-9,11,14-15,24H,5-6H2,1-2H3,(H2,19,20,21)/t11-,14-,15-,17+,30+/m1/s1. The third-order valence-corrected chi connectivity index (χ3v) is 7.12. The molecule has 14 heteroatoms. The number of nitrogen functional groups attached to an aromatic ring is 1. The lowest BCUT2D eigenvalue weighted by atomic mass is 9.92. The molecule has 31 heavy (non-hydrogen) atoms. The Bertz CT molecular complexity index is 1100. The van der Waals surface area contributed by atoms with E-state index in [9.17, 15) is 15.2 Å². The highest BCUT2D eigenvalue weighted by atomic mass is 32.5. The molecular weight excluding hydrogens is 449 g/mol. The zero-order chi connectivity index (χ0) is 22.4. The van der Waals surface area contributed by atoms with E-state index in [1.165, 1.54) is 10.8 Å². The number of carbonyl (C=O) groups is 1. The lowest BCUT2D eigenvalue weighted by molar-refractivity contribution is -0.150. The largest absolute Gasteiger partial charge is 0.461 e. The van der Waals surface area contributed by atoms with Crippen LogP contribution in [0.1, 0.15) is 19.5 Å². The number of hydrogen-bond acceptors (Lipinski definition) is 12. The lowest BCUT2D eigenvalue weighted by Gasteiger charge is -2.33. The number of anilines is 1.